The van der Waals surface area contributed by atoms with Gasteiger partial charge in [0.15, 0.2) is 0 Å². The highest BCUT2D eigenvalue weighted by molar-refractivity contribution is 5.88. The molecule has 0 spiro atoms. The van der Waals surface area contributed by atoms with Gasteiger partial charge in [0.25, 0.3) is 0 Å². The van der Waals surface area contributed by atoms with Crippen LogP contribution in [0.2, 0.25) is 0 Å². The topological polar surface area (TPSA) is 32.5 Å². The Balaban J connectivity index is 1.24. The van der Waals surface area contributed by atoms with Crippen molar-refractivity contribution < 1.29 is 0 Å². The molecule has 216 valence electrons. The molecule has 0 fully saturated rings. The van der Waals surface area contributed by atoms with E-state index in [1.807, 2.05) is 30.3 Å². The quantitative estimate of drug-likeness (QED) is 0.182. The van der Waals surface area contributed by atoms with Gasteiger partial charge in [0, 0.05) is 39.8 Å². The summed E-state index contributed by atoms with van der Waals surface area (Å²) in [7, 11) is 0. The van der Waals surface area contributed by atoms with Crippen LogP contribution < -0.4 is 15.5 Å². The minimum Gasteiger partial charge on any atom is -0.399 e. The average Bonchev–Trinajstić information content (AvgIpc) is 3.11. The van der Waals surface area contributed by atoms with Crippen molar-refractivity contribution >= 4 is 39.8 Å². The summed E-state index contributed by atoms with van der Waals surface area (Å²) in [6.45, 7) is 0. The molecule has 0 atom stereocenters. The van der Waals surface area contributed by atoms with Crippen LogP contribution in [0.15, 0.2) is 188 Å². The highest BCUT2D eigenvalue weighted by Gasteiger charge is 2.15. The van der Waals surface area contributed by atoms with E-state index in [0.717, 1.165) is 62.1 Å². The molecule has 0 radical (unpaired) electrons. The van der Waals surface area contributed by atoms with Gasteiger partial charge >= 0.3 is 0 Å². The molecule has 0 bridgehead atoms. The monoisotopic (exact) mass is 579 g/mol. The van der Waals surface area contributed by atoms with Crippen LogP contribution in [0, 0.1) is 0 Å². The van der Waals surface area contributed by atoms with Crippen molar-refractivity contribution in [2.45, 2.75) is 0 Å². The first-order valence-corrected chi connectivity index (χ1v) is 15.2. The fourth-order valence-electron chi connectivity index (χ4n) is 5.84. The van der Waals surface area contributed by atoms with Gasteiger partial charge in [-0.1, -0.05) is 103 Å². The molecular weight excluding hydrogens is 546 g/mol. The predicted octanol–water partition coefficient (Wildman–Crippen LogP) is 11.5. The van der Waals surface area contributed by atoms with Gasteiger partial charge in [0.2, 0.25) is 0 Å². The molecule has 0 aliphatic heterocycles. The Morgan fingerprint density at radius 3 is 0.956 bits per heavy atom. The lowest BCUT2D eigenvalue weighted by molar-refractivity contribution is 1.28. The molecule has 0 aromatic heterocycles. The molecule has 3 nitrogen and oxygen atoms in total. The van der Waals surface area contributed by atoms with E-state index in [2.05, 4.69) is 168 Å². The number of hydrogen-bond donors (Lipinski definition) is 1. The van der Waals surface area contributed by atoms with Gasteiger partial charge in [-0.15, -0.1) is 0 Å². The Morgan fingerprint density at radius 1 is 0.289 bits per heavy atom. The van der Waals surface area contributed by atoms with E-state index in [1.165, 1.54) is 0 Å². The maximum Gasteiger partial charge on any atom is 0.0462 e. The minimum atomic E-state index is 0.740. The smallest absolute Gasteiger partial charge is 0.0462 e. The van der Waals surface area contributed by atoms with Crippen LogP contribution in [0.1, 0.15) is 0 Å². The van der Waals surface area contributed by atoms with Crippen molar-refractivity contribution in [2.24, 2.45) is 0 Å². The van der Waals surface area contributed by atoms with Gasteiger partial charge < -0.3 is 15.5 Å². The second-order valence-electron chi connectivity index (χ2n) is 10.9. The summed E-state index contributed by atoms with van der Waals surface area (Å²) in [5.41, 5.74) is 18.2. The maximum atomic E-state index is 6.35. The molecule has 0 aliphatic carbocycles. The number of rotatable bonds is 8. The zero-order chi connectivity index (χ0) is 30.4. The Hall–Kier alpha value is -6.06. The van der Waals surface area contributed by atoms with Crippen LogP contribution in [0.3, 0.4) is 0 Å². The van der Waals surface area contributed by atoms with Crippen LogP contribution in [-0.2, 0) is 0 Å². The van der Waals surface area contributed by atoms with Crippen LogP contribution in [0.4, 0.5) is 39.8 Å². The number of nitrogens with zero attached hydrogens (tertiary/aromatic N) is 2. The SMILES string of the molecule is Nc1ccc(-c2ccc(N(c3ccccc3)c3ccccc3)cc2)c(-c2ccc(N(c3ccccc3)c3ccccc3)cc2)c1. The number of nitrogens with two attached hydrogens (primary N) is 1. The van der Waals surface area contributed by atoms with Crippen molar-refractivity contribution in [2.75, 3.05) is 15.5 Å². The highest BCUT2D eigenvalue weighted by Crippen LogP contribution is 2.40. The molecule has 0 saturated heterocycles. The van der Waals surface area contributed by atoms with E-state index in [9.17, 15) is 0 Å². The lowest BCUT2D eigenvalue weighted by Gasteiger charge is -2.26. The number of hydrogen-bond acceptors (Lipinski definition) is 3. The average molecular weight is 580 g/mol. The summed E-state index contributed by atoms with van der Waals surface area (Å²) in [6, 6.07) is 65.6. The predicted molar refractivity (Wildman–Crippen MR) is 191 cm³/mol. The summed E-state index contributed by atoms with van der Waals surface area (Å²) < 4.78 is 0. The summed E-state index contributed by atoms with van der Waals surface area (Å²) in [5, 5.41) is 0. The van der Waals surface area contributed by atoms with Gasteiger partial charge in [0.1, 0.15) is 0 Å². The lowest BCUT2D eigenvalue weighted by Crippen LogP contribution is -2.09. The summed E-state index contributed by atoms with van der Waals surface area (Å²) in [4.78, 5) is 4.55. The van der Waals surface area contributed by atoms with Crippen LogP contribution in [-0.4, -0.2) is 0 Å². The van der Waals surface area contributed by atoms with E-state index in [1.54, 1.807) is 0 Å². The van der Waals surface area contributed by atoms with Gasteiger partial charge in [-0.3, -0.25) is 0 Å². The summed E-state index contributed by atoms with van der Waals surface area (Å²) in [6.07, 6.45) is 0. The second kappa shape index (κ2) is 12.7. The molecule has 0 aliphatic rings. The van der Waals surface area contributed by atoms with E-state index in [4.69, 9.17) is 5.73 Å². The molecule has 0 heterocycles. The first-order chi connectivity index (χ1) is 22.2. The normalized spacial score (nSPS) is 10.8. The third kappa shape index (κ3) is 5.93. The van der Waals surface area contributed by atoms with Gasteiger partial charge in [0.05, 0.1) is 0 Å². The molecule has 3 heteroatoms. The van der Waals surface area contributed by atoms with E-state index in [-0.39, 0.29) is 0 Å². The number of nitrogen functional groups attached to an aromatic ring is 1. The van der Waals surface area contributed by atoms with Crippen molar-refractivity contribution in [1.82, 2.24) is 0 Å². The zero-order valence-electron chi connectivity index (χ0n) is 24.9. The molecule has 7 rings (SSSR count). The van der Waals surface area contributed by atoms with Gasteiger partial charge in [-0.25, -0.2) is 0 Å². The van der Waals surface area contributed by atoms with E-state index in [0.29, 0.717) is 0 Å². The van der Waals surface area contributed by atoms with Gasteiger partial charge in [-0.2, -0.15) is 0 Å². The molecule has 7 aromatic carbocycles. The van der Waals surface area contributed by atoms with Crippen molar-refractivity contribution in [3.63, 3.8) is 0 Å². The minimum absolute atomic E-state index is 0.740. The maximum absolute atomic E-state index is 6.35. The Morgan fingerprint density at radius 2 is 0.600 bits per heavy atom. The van der Waals surface area contributed by atoms with Crippen molar-refractivity contribution in [1.29, 1.82) is 0 Å². The largest absolute Gasteiger partial charge is 0.399 e. The van der Waals surface area contributed by atoms with Crippen molar-refractivity contribution in [3.05, 3.63) is 188 Å². The number of para-hydroxylation sites is 4. The molecule has 0 amide bonds. The number of benzene rings is 7. The molecule has 0 saturated carbocycles. The van der Waals surface area contributed by atoms with Crippen LogP contribution in [0.25, 0.3) is 22.3 Å². The fraction of sp³-hybridized carbons (Fsp3) is 0. The number of anilines is 7. The Labute approximate surface area is 265 Å². The molecule has 0 unspecified atom stereocenters. The Bertz CT molecular complexity index is 1890. The van der Waals surface area contributed by atoms with Crippen LogP contribution in [0.5, 0.6) is 0 Å². The van der Waals surface area contributed by atoms with E-state index >= 15 is 0 Å². The summed E-state index contributed by atoms with van der Waals surface area (Å²) in [5.74, 6) is 0. The fourth-order valence-corrected chi connectivity index (χ4v) is 5.84. The first-order valence-electron chi connectivity index (χ1n) is 15.2. The molecule has 45 heavy (non-hydrogen) atoms. The second-order valence-corrected chi connectivity index (χ2v) is 10.9. The molecular formula is C42H33N3. The Kier molecular flexibility index (Phi) is 7.81. The standard InChI is InChI=1S/C42H33N3/c43-34-25-30-41(32-21-26-39(27-22-32)44(35-13-5-1-6-14-35)36-15-7-2-8-16-36)42(31-34)33-23-28-40(29-24-33)45(37-17-9-3-10-18-37)38-19-11-4-12-20-38/h1-31H,43H2. The van der Waals surface area contributed by atoms with E-state index < -0.39 is 0 Å². The molecule has 2 N–H and O–H groups in total. The van der Waals surface area contributed by atoms with Crippen LogP contribution >= 0.6 is 0 Å². The molecule has 7 aromatic rings. The lowest BCUT2D eigenvalue weighted by atomic mass is 9.93. The first kappa shape index (κ1) is 27.8. The van der Waals surface area contributed by atoms with Gasteiger partial charge in [-0.05, 0) is 107 Å². The van der Waals surface area contributed by atoms with Crippen molar-refractivity contribution in [3.8, 4) is 22.3 Å². The zero-order valence-corrected chi connectivity index (χ0v) is 24.9. The third-order valence-corrected chi connectivity index (χ3v) is 7.97. The third-order valence-electron chi connectivity index (χ3n) is 7.97. The summed E-state index contributed by atoms with van der Waals surface area (Å²) >= 11 is 0. The highest BCUT2D eigenvalue weighted by atomic mass is 15.1.